The number of nitrogens with zero attached hydrogens (tertiary/aromatic N) is 1. The van der Waals surface area contributed by atoms with Gasteiger partial charge in [-0.25, -0.2) is 4.39 Å². The van der Waals surface area contributed by atoms with Gasteiger partial charge < -0.3 is 5.32 Å². The summed E-state index contributed by atoms with van der Waals surface area (Å²) in [5.74, 6) is 0.957. The molecule has 0 spiro atoms. The molecular formula is C15H25FN2S. The smallest absolute Gasteiger partial charge is 0.127 e. The summed E-state index contributed by atoms with van der Waals surface area (Å²) in [6, 6.07) is 5.86. The van der Waals surface area contributed by atoms with E-state index in [0.717, 1.165) is 30.0 Å². The van der Waals surface area contributed by atoms with E-state index in [4.69, 9.17) is 0 Å². The molecule has 0 aromatic heterocycles. The lowest BCUT2D eigenvalue weighted by molar-refractivity contribution is 0.266. The molecule has 1 atom stereocenters. The van der Waals surface area contributed by atoms with E-state index >= 15 is 0 Å². The standard InChI is InChI=1S/C15H25FN2S/c1-5-17-9-13-6-7-15(16)14(8-13)10-18(3)12(2)11-19-4/h6-8,12,17H,5,9-11H2,1-4H3. The van der Waals surface area contributed by atoms with E-state index in [1.807, 2.05) is 23.9 Å². The second-order valence-corrected chi connectivity index (χ2v) is 5.84. The van der Waals surface area contributed by atoms with E-state index in [1.54, 1.807) is 6.07 Å². The Hall–Kier alpha value is -0.580. The predicted molar refractivity (Wildman–Crippen MR) is 83.1 cm³/mol. The molecule has 0 bridgehead atoms. The van der Waals surface area contributed by atoms with Crippen LogP contribution < -0.4 is 5.32 Å². The van der Waals surface area contributed by atoms with Gasteiger partial charge in [0, 0.05) is 30.4 Å². The lowest BCUT2D eigenvalue weighted by atomic mass is 10.1. The molecule has 0 saturated carbocycles. The largest absolute Gasteiger partial charge is 0.313 e. The molecule has 0 aliphatic rings. The van der Waals surface area contributed by atoms with Gasteiger partial charge in [0.2, 0.25) is 0 Å². The van der Waals surface area contributed by atoms with Crippen molar-refractivity contribution in [1.82, 2.24) is 10.2 Å². The highest BCUT2D eigenvalue weighted by Crippen LogP contribution is 2.15. The zero-order chi connectivity index (χ0) is 14.3. The lowest BCUT2D eigenvalue weighted by Crippen LogP contribution is -2.30. The molecule has 1 aromatic rings. The molecule has 0 heterocycles. The minimum absolute atomic E-state index is 0.108. The summed E-state index contributed by atoms with van der Waals surface area (Å²) in [4.78, 5) is 2.20. The van der Waals surface area contributed by atoms with Crippen LogP contribution in [0.15, 0.2) is 18.2 Å². The van der Waals surface area contributed by atoms with E-state index in [9.17, 15) is 4.39 Å². The van der Waals surface area contributed by atoms with Crippen molar-refractivity contribution in [3.63, 3.8) is 0 Å². The molecule has 0 aliphatic heterocycles. The Morgan fingerprint density at radius 3 is 2.79 bits per heavy atom. The van der Waals surface area contributed by atoms with Crippen LogP contribution in [0.5, 0.6) is 0 Å². The quantitative estimate of drug-likeness (QED) is 0.789. The van der Waals surface area contributed by atoms with E-state index in [-0.39, 0.29) is 5.82 Å². The minimum Gasteiger partial charge on any atom is -0.313 e. The topological polar surface area (TPSA) is 15.3 Å². The highest BCUT2D eigenvalue weighted by Gasteiger charge is 2.12. The number of rotatable bonds is 8. The number of halogens is 1. The van der Waals surface area contributed by atoms with Crippen LogP contribution in [0.3, 0.4) is 0 Å². The summed E-state index contributed by atoms with van der Waals surface area (Å²) in [5.41, 5.74) is 1.93. The summed E-state index contributed by atoms with van der Waals surface area (Å²) in [6.07, 6.45) is 2.10. The SMILES string of the molecule is CCNCc1ccc(F)c(CN(C)C(C)CSC)c1. The molecule has 19 heavy (non-hydrogen) atoms. The van der Waals surface area contributed by atoms with E-state index in [1.165, 1.54) is 0 Å². The van der Waals surface area contributed by atoms with Crippen LogP contribution in [0, 0.1) is 5.82 Å². The van der Waals surface area contributed by atoms with Gasteiger partial charge in [-0.05, 0) is 38.4 Å². The Morgan fingerprint density at radius 2 is 2.16 bits per heavy atom. The zero-order valence-corrected chi connectivity index (χ0v) is 13.2. The van der Waals surface area contributed by atoms with E-state index < -0.39 is 0 Å². The van der Waals surface area contributed by atoms with Gasteiger partial charge in [0.1, 0.15) is 5.82 Å². The maximum atomic E-state index is 13.8. The van der Waals surface area contributed by atoms with Crippen LogP contribution >= 0.6 is 11.8 Å². The first-order chi connectivity index (χ1) is 9.08. The van der Waals surface area contributed by atoms with Gasteiger partial charge in [0.05, 0.1) is 0 Å². The fourth-order valence-corrected chi connectivity index (χ4v) is 2.66. The van der Waals surface area contributed by atoms with Crippen molar-refractivity contribution in [2.45, 2.75) is 33.0 Å². The summed E-state index contributed by atoms with van der Waals surface area (Å²) in [5, 5.41) is 3.27. The van der Waals surface area contributed by atoms with Crippen LogP contribution in [0.1, 0.15) is 25.0 Å². The fourth-order valence-electron chi connectivity index (χ4n) is 1.92. The first-order valence-corrected chi connectivity index (χ1v) is 8.15. The third-order valence-corrected chi connectivity index (χ3v) is 4.09. The lowest BCUT2D eigenvalue weighted by Gasteiger charge is -2.24. The van der Waals surface area contributed by atoms with Crippen molar-refractivity contribution >= 4 is 11.8 Å². The third-order valence-electron chi connectivity index (χ3n) is 3.27. The highest BCUT2D eigenvalue weighted by molar-refractivity contribution is 7.98. The molecule has 1 aromatic carbocycles. The Bertz CT molecular complexity index is 384. The van der Waals surface area contributed by atoms with Crippen LogP contribution in [0.25, 0.3) is 0 Å². The van der Waals surface area contributed by atoms with Gasteiger partial charge in [-0.15, -0.1) is 0 Å². The maximum absolute atomic E-state index is 13.8. The number of benzene rings is 1. The highest BCUT2D eigenvalue weighted by atomic mass is 32.2. The average Bonchev–Trinajstić information content (AvgIpc) is 2.39. The van der Waals surface area contributed by atoms with Crippen LogP contribution in [0.2, 0.25) is 0 Å². The third kappa shape index (κ3) is 5.51. The molecule has 1 unspecified atom stereocenters. The average molecular weight is 284 g/mol. The Kier molecular flexibility index (Phi) is 7.42. The maximum Gasteiger partial charge on any atom is 0.127 e. The van der Waals surface area contributed by atoms with Gasteiger partial charge in [-0.2, -0.15) is 11.8 Å². The van der Waals surface area contributed by atoms with Gasteiger partial charge >= 0.3 is 0 Å². The minimum atomic E-state index is -0.108. The molecule has 1 rings (SSSR count). The van der Waals surface area contributed by atoms with E-state index in [0.29, 0.717) is 12.6 Å². The molecule has 1 N–H and O–H groups in total. The molecular weight excluding hydrogens is 259 g/mol. The molecule has 108 valence electrons. The molecule has 0 radical (unpaired) electrons. The first-order valence-electron chi connectivity index (χ1n) is 6.75. The van der Waals surface area contributed by atoms with Crippen molar-refractivity contribution in [1.29, 1.82) is 0 Å². The predicted octanol–water partition coefficient (Wildman–Crippen LogP) is 3.12. The van der Waals surface area contributed by atoms with Crippen molar-refractivity contribution in [3.05, 3.63) is 35.1 Å². The van der Waals surface area contributed by atoms with Crippen LogP contribution in [-0.4, -0.2) is 36.5 Å². The van der Waals surface area contributed by atoms with Crippen molar-refractivity contribution in [2.24, 2.45) is 0 Å². The molecule has 0 aliphatic carbocycles. The molecule has 0 saturated heterocycles. The van der Waals surface area contributed by atoms with Gasteiger partial charge in [-0.1, -0.05) is 19.1 Å². The summed E-state index contributed by atoms with van der Waals surface area (Å²) in [6.45, 7) is 6.64. The number of thioether (sulfide) groups is 1. The normalized spacial score (nSPS) is 12.9. The van der Waals surface area contributed by atoms with Gasteiger partial charge in [-0.3, -0.25) is 4.90 Å². The monoisotopic (exact) mass is 284 g/mol. The molecule has 4 heteroatoms. The van der Waals surface area contributed by atoms with Crippen molar-refractivity contribution < 1.29 is 4.39 Å². The summed E-state index contributed by atoms with van der Waals surface area (Å²) in [7, 11) is 2.05. The van der Waals surface area contributed by atoms with Crippen molar-refractivity contribution in [2.75, 3.05) is 25.6 Å². The summed E-state index contributed by atoms with van der Waals surface area (Å²) >= 11 is 1.82. The number of hydrogen-bond acceptors (Lipinski definition) is 3. The molecule has 0 amide bonds. The Labute approximate surface area is 120 Å². The second-order valence-electron chi connectivity index (χ2n) is 4.93. The zero-order valence-electron chi connectivity index (χ0n) is 12.4. The first kappa shape index (κ1) is 16.5. The van der Waals surface area contributed by atoms with Crippen LogP contribution in [-0.2, 0) is 13.1 Å². The second kappa shape index (κ2) is 8.56. The fraction of sp³-hybridized carbons (Fsp3) is 0.600. The molecule has 2 nitrogen and oxygen atoms in total. The Balaban J connectivity index is 2.70. The Morgan fingerprint density at radius 1 is 1.42 bits per heavy atom. The van der Waals surface area contributed by atoms with E-state index in [2.05, 4.69) is 37.4 Å². The summed E-state index contributed by atoms with van der Waals surface area (Å²) < 4.78 is 13.8. The number of hydrogen-bond donors (Lipinski definition) is 1. The van der Waals surface area contributed by atoms with Gasteiger partial charge in [0.15, 0.2) is 0 Å². The van der Waals surface area contributed by atoms with Crippen molar-refractivity contribution in [3.8, 4) is 0 Å². The van der Waals surface area contributed by atoms with Crippen LogP contribution in [0.4, 0.5) is 4.39 Å². The number of nitrogens with one attached hydrogen (secondary N) is 1. The molecule has 0 fully saturated rings. The van der Waals surface area contributed by atoms with Gasteiger partial charge in [0.25, 0.3) is 0 Å².